The minimum absolute atomic E-state index is 0. The zero-order valence-corrected chi connectivity index (χ0v) is 17.1. The zero-order chi connectivity index (χ0) is 19.3. The summed E-state index contributed by atoms with van der Waals surface area (Å²) in [5.41, 5.74) is 6.43. The number of aromatic nitrogens is 3. The van der Waals surface area contributed by atoms with Crippen molar-refractivity contribution in [3.8, 4) is 0 Å². The quantitative estimate of drug-likeness (QED) is 0.378. The van der Waals surface area contributed by atoms with E-state index in [2.05, 4.69) is 16.4 Å². The highest BCUT2D eigenvalue weighted by atomic mass is 35.5. The summed E-state index contributed by atoms with van der Waals surface area (Å²) in [4.78, 5) is 22.7. The van der Waals surface area contributed by atoms with Gasteiger partial charge in [-0.3, -0.25) is 10.1 Å². The molecule has 8 heteroatoms. The molecule has 7 nitrogen and oxygen atoms in total. The fourth-order valence-corrected chi connectivity index (χ4v) is 3.37. The molecule has 0 radical (unpaired) electrons. The second-order valence-electron chi connectivity index (χ2n) is 7.23. The summed E-state index contributed by atoms with van der Waals surface area (Å²) in [7, 11) is 4.04. The summed E-state index contributed by atoms with van der Waals surface area (Å²) in [6, 6.07) is 9.02. The lowest BCUT2D eigenvalue weighted by molar-refractivity contribution is -0.384. The number of nitro benzene ring substituents is 1. The average molecular weight is 400 g/mol. The molecule has 0 saturated carbocycles. The lowest BCUT2D eigenvalue weighted by Crippen LogP contribution is -2.18. The van der Waals surface area contributed by atoms with Gasteiger partial charge in [0.25, 0.3) is 5.69 Å². The van der Waals surface area contributed by atoms with Crippen LogP contribution in [0.2, 0.25) is 0 Å². The van der Waals surface area contributed by atoms with Crippen LogP contribution in [0.3, 0.4) is 0 Å². The van der Waals surface area contributed by atoms with Gasteiger partial charge in [-0.1, -0.05) is 0 Å². The number of hydrogen-bond acceptors (Lipinski definition) is 5. The minimum Gasteiger partial charge on any atom is -0.323 e. The van der Waals surface area contributed by atoms with E-state index in [0.717, 1.165) is 46.2 Å². The Balaban J connectivity index is 0.00000225. The maximum absolute atomic E-state index is 11.3. The van der Waals surface area contributed by atoms with Crippen molar-refractivity contribution >= 4 is 51.2 Å². The van der Waals surface area contributed by atoms with E-state index in [-0.39, 0.29) is 23.0 Å². The molecule has 146 valence electrons. The Morgan fingerprint density at radius 1 is 1.07 bits per heavy atom. The summed E-state index contributed by atoms with van der Waals surface area (Å²) >= 11 is 0. The van der Waals surface area contributed by atoms with E-state index < -0.39 is 0 Å². The monoisotopic (exact) mass is 399 g/mol. The summed E-state index contributed by atoms with van der Waals surface area (Å²) < 4.78 is 2.11. The van der Waals surface area contributed by atoms with Gasteiger partial charge >= 0.3 is 0 Å². The number of rotatable bonds is 4. The predicted molar refractivity (Wildman–Crippen MR) is 114 cm³/mol. The van der Waals surface area contributed by atoms with Crippen molar-refractivity contribution in [2.24, 2.45) is 0 Å². The lowest BCUT2D eigenvalue weighted by atomic mass is 10.1. The second kappa shape index (κ2) is 7.33. The lowest BCUT2D eigenvalue weighted by Gasteiger charge is -2.12. The van der Waals surface area contributed by atoms with E-state index in [1.807, 2.05) is 33.2 Å². The molecule has 0 aliphatic rings. The minimum atomic E-state index is -0.371. The number of benzene rings is 2. The maximum Gasteiger partial charge on any atom is 0.270 e. The van der Waals surface area contributed by atoms with Crippen LogP contribution in [-0.2, 0) is 6.54 Å². The second-order valence-corrected chi connectivity index (χ2v) is 7.23. The number of aryl methyl sites for hydroxylation is 2. The van der Waals surface area contributed by atoms with E-state index in [9.17, 15) is 10.1 Å². The first-order valence-corrected chi connectivity index (χ1v) is 8.85. The van der Waals surface area contributed by atoms with Crippen molar-refractivity contribution < 1.29 is 4.92 Å². The fraction of sp³-hybridized carbons (Fsp3) is 0.300. The molecule has 0 N–H and O–H groups in total. The summed E-state index contributed by atoms with van der Waals surface area (Å²) in [6.45, 7) is 5.68. The number of non-ortho nitro benzene ring substituents is 1. The number of halogens is 1. The van der Waals surface area contributed by atoms with Gasteiger partial charge in [0.2, 0.25) is 0 Å². The Hall–Kier alpha value is -2.77. The molecule has 0 fully saturated rings. The highest BCUT2D eigenvalue weighted by Crippen LogP contribution is 2.31. The Labute approximate surface area is 168 Å². The first kappa shape index (κ1) is 20.0. The smallest absolute Gasteiger partial charge is 0.270 e. The molecule has 0 atom stereocenters. The largest absolute Gasteiger partial charge is 0.323 e. The molecule has 4 rings (SSSR count). The molecule has 2 aromatic carbocycles. The van der Waals surface area contributed by atoms with Crippen molar-refractivity contribution in [2.75, 3.05) is 20.6 Å². The molecule has 4 aromatic rings. The van der Waals surface area contributed by atoms with Crippen molar-refractivity contribution in [1.29, 1.82) is 0 Å². The van der Waals surface area contributed by atoms with Gasteiger partial charge < -0.3 is 9.47 Å². The normalized spacial score (nSPS) is 11.5. The van der Waals surface area contributed by atoms with Gasteiger partial charge in [0.05, 0.1) is 21.5 Å². The predicted octanol–water partition coefficient (Wildman–Crippen LogP) is 4.25. The highest BCUT2D eigenvalue weighted by Gasteiger charge is 2.18. The van der Waals surface area contributed by atoms with Crippen LogP contribution in [0.25, 0.3) is 33.1 Å². The molecule has 0 amide bonds. The van der Waals surface area contributed by atoms with Crippen molar-refractivity contribution in [2.45, 2.75) is 20.4 Å². The van der Waals surface area contributed by atoms with E-state index in [1.54, 1.807) is 18.2 Å². The molecular weight excluding hydrogens is 378 g/mol. The average Bonchev–Trinajstić information content (AvgIpc) is 2.91. The van der Waals surface area contributed by atoms with E-state index in [4.69, 9.17) is 9.97 Å². The number of nitrogens with zero attached hydrogens (tertiary/aromatic N) is 5. The van der Waals surface area contributed by atoms with E-state index in [0.29, 0.717) is 5.52 Å². The zero-order valence-electron chi connectivity index (χ0n) is 16.3. The van der Waals surface area contributed by atoms with Gasteiger partial charge in [-0.05, 0) is 57.3 Å². The Morgan fingerprint density at radius 3 is 2.32 bits per heavy atom. The molecule has 28 heavy (non-hydrogen) atoms. The Kier molecular flexibility index (Phi) is 5.23. The van der Waals surface area contributed by atoms with Crippen LogP contribution in [0.1, 0.15) is 11.1 Å². The Bertz CT molecular complexity index is 1220. The third-order valence-electron chi connectivity index (χ3n) is 5.02. The van der Waals surface area contributed by atoms with Crippen molar-refractivity contribution in [3.05, 3.63) is 51.6 Å². The summed E-state index contributed by atoms with van der Waals surface area (Å²) in [5.74, 6) is 0. The van der Waals surface area contributed by atoms with Gasteiger partial charge in [-0.25, -0.2) is 9.97 Å². The van der Waals surface area contributed by atoms with Gasteiger partial charge in [-0.15, -0.1) is 12.4 Å². The Morgan fingerprint density at radius 2 is 1.71 bits per heavy atom. The molecule has 0 aliphatic heterocycles. The van der Waals surface area contributed by atoms with Gasteiger partial charge in [0.1, 0.15) is 5.52 Å². The van der Waals surface area contributed by atoms with Crippen LogP contribution in [-0.4, -0.2) is 45.0 Å². The maximum atomic E-state index is 11.3. The number of nitro groups is 1. The molecule has 0 unspecified atom stereocenters. The molecule has 0 saturated heterocycles. The van der Waals surface area contributed by atoms with Crippen molar-refractivity contribution in [1.82, 2.24) is 19.4 Å². The van der Waals surface area contributed by atoms with Crippen LogP contribution in [0, 0.1) is 24.0 Å². The summed E-state index contributed by atoms with van der Waals surface area (Å²) in [5, 5.41) is 12.0. The number of likely N-dealkylation sites (N-methyl/N-ethyl adjacent to an activating group) is 1. The summed E-state index contributed by atoms with van der Waals surface area (Å²) in [6.07, 6.45) is 0. The van der Waals surface area contributed by atoms with E-state index >= 15 is 0 Å². The van der Waals surface area contributed by atoms with Crippen LogP contribution < -0.4 is 0 Å². The third kappa shape index (κ3) is 3.27. The van der Waals surface area contributed by atoms with Gasteiger partial charge in [0.15, 0.2) is 5.65 Å². The SMILES string of the molecule is Cc1cc2nc3c4cc([N+](=O)[O-])ccc4n(CCN(C)C)c3nc2cc1C.Cl. The highest BCUT2D eigenvalue weighted by molar-refractivity contribution is 6.07. The standard InChI is InChI=1S/C20H21N5O2.ClH/c1-12-9-16-17(10-13(12)2)22-20-19(21-16)15-11-14(25(26)27)5-6-18(15)24(20)8-7-23(3)4;/h5-6,9-11H,7-8H2,1-4H3;1H. The number of hydrogen-bond donors (Lipinski definition) is 0. The van der Waals surface area contributed by atoms with Crippen molar-refractivity contribution in [3.63, 3.8) is 0 Å². The van der Waals surface area contributed by atoms with Gasteiger partial charge in [-0.2, -0.15) is 0 Å². The topological polar surface area (TPSA) is 77.1 Å². The van der Waals surface area contributed by atoms with Crippen LogP contribution in [0.4, 0.5) is 5.69 Å². The molecule has 2 heterocycles. The van der Waals surface area contributed by atoms with Crippen LogP contribution in [0.5, 0.6) is 0 Å². The first-order chi connectivity index (χ1) is 12.8. The fourth-order valence-electron chi connectivity index (χ4n) is 3.37. The molecule has 0 aliphatic carbocycles. The third-order valence-corrected chi connectivity index (χ3v) is 5.02. The van der Waals surface area contributed by atoms with Gasteiger partial charge in [0, 0.05) is 30.6 Å². The molecular formula is C20H22ClN5O2. The van der Waals surface area contributed by atoms with Crippen LogP contribution >= 0.6 is 12.4 Å². The van der Waals surface area contributed by atoms with E-state index in [1.165, 1.54) is 5.56 Å². The molecule has 0 spiro atoms. The first-order valence-electron chi connectivity index (χ1n) is 8.85. The van der Waals surface area contributed by atoms with Crippen LogP contribution in [0.15, 0.2) is 30.3 Å². The number of fused-ring (bicyclic) bond motifs is 4. The molecule has 2 aromatic heterocycles. The molecule has 0 bridgehead atoms.